The van der Waals surface area contributed by atoms with Gasteiger partial charge < -0.3 is 9.84 Å². The van der Waals surface area contributed by atoms with E-state index in [9.17, 15) is 4.79 Å². The number of carboxylic acid groups (broad SMARTS) is 1. The largest absolute Gasteiger partial charge is 0.478 e. The summed E-state index contributed by atoms with van der Waals surface area (Å²) < 4.78 is 5.77. The number of nitriles is 1. The molecule has 0 fully saturated rings. The lowest BCUT2D eigenvalue weighted by Crippen LogP contribution is -2.03. The summed E-state index contributed by atoms with van der Waals surface area (Å²) >= 11 is 2.01. The summed E-state index contributed by atoms with van der Waals surface area (Å²) in [6.45, 7) is -0.152. The van der Waals surface area contributed by atoms with Crippen LogP contribution in [0.4, 0.5) is 0 Å². The van der Waals surface area contributed by atoms with E-state index in [1.807, 2.05) is 22.6 Å². The molecule has 1 aromatic carbocycles. The van der Waals surface area contributed by atoms with Crippen molar-refractivity contribution in [3.05, 3.63) is 27.3 Å². The van der Waals surface area contributed by atoms with Gasteiger partial charge in [-0.2, -0.15) is 5.26 Å². The first-order chi connectivity index (χ1) is 6.65. The molecule has 0 bridgehead atoms. The Morgan fingerprint density at radius 2 is 2.36 bits per heavy atom. The molecule has 0 aliphatic rings. The Balaban J connectivity index is 3.03. The predicted molar refractivity (Wildman–Crippen MR) is 57.2 cm³/mol. The Hall–Kier alpha value is -1.29. The molecule has 0 unspecified atom stereocenters. The van der Waals surface area contributed by atoms with Crippen LogP contribution in [0.5, 0.6) is 5.75 Å². The van der Waals surface area contributed by atoms with E-state index in [1.54, 1.807) is 18.2 Å². The molecule has 1 rings (SSSR count). The first-order valence-corrected chi connectivity index (χ1v) is 4.75. The highest BCUT2D eigenvalue weighted by molar-refractivity contribution is 14.1. The summed E-state index contributed by atoms with van der Waals surface area (Å²) in [4.78, 5) is 10.8. The van der Waals surface area contributed by atoms with Crippen molar-refractivity contribution >= 4 is 28.6 Å². The van der Waals surface area contributed by atoms with E-state index < -0.39 is 5.97 Å². The van der Waals surface area contributed by atoms with Gasteiger partial charge in [-0.25, -0.2) is 4.79 Å². The first kappa shape index (κ1) is 10.8. The molecule has 0 saturated carbocycles. The van der Waals surface area contributed by atoms with Crippen molar-refractivity contribution in [1.82, 2.24) is 0 Å². The van der Waals surface area contributed by atoms with Crippen molar-refractivity contribution in [2.45, 2.75) is 0 Å². The van der Waals surface area contributed by atoms with Gasteiger partial charge in [0.15, 0.2) is 6.61 Å². The fourth-order valence-electron chi connectivity index (χ4n) is 0.905. The Bertz CT molecular complexity index is 398. The summed E-state index contributed by atoms with van der Waals surface area (Å²) in [5.41, 5.74) is 0.0761. The number of nitrogens with zero attached hydrogens (tertiary/aromatic N) is 1. The Kier molecular flexibility index (Phi) is 3.71. The van der Waals surface area contributed by atoms with E-state index in [4.69, 9.17) is 15.1 Å². The molecule has 0 spiro atoms. The van der Waals surface area contributed by atoms with Gasteiger partial charge in [0, 0.05) is 3.57 Å². The van der Waals surface area contributed by atoms with Gasteiger partial charge in [-0.1, -0.05) is 0 Å². The standard InChI is InChI=1S/C9H6INO3/c10-6-1-2-8(14-4-3-11)7(5-6)9(12)13/h1-2,5H,4H2,(H,12,13). The van der Waals surface area contributed by atoms with Crippen molar-refractivity contribution in [3.63, 3.8) is 0 Å². The van der Waals surface area contributed by atoms with Gasteiger partial charge in [-0.3, -0.25) is 0 Å². The fourth-order valence-corrected chi connectivity index (χ4v) is 1.40. The van der Waals surface area contributed by atoms with Crippen molar-refractivity contribution in [3.8, 4) is 11.8 Å². The molecule has 1 aromatic rings. The van der Waals surface area contributed by atoms with E-state index in [0.29, 0.717) is 0 Å². The van der Waals surface area contributed by atoms with Gasteiger partial charge in [0.1, 0.15) is 17.4 Å². The normalized spacial score (nSPS) is 9.14. The molecule has 0 saturated heterocycles. The molecule has 0 atom stereocenters. The minimum Gasteiger partial charge on any atom is -0.478 e. The number of aromatic carboxylic acids is 1. The zero-order valence-electron chi connectivity index (χ0n) is 7.03. The molecular weight excluding hydrogens is 297 g/mol. The van der Waals surface area contributed by atoms with Gasteiger partial charge in [0.2, 0.25) is 0 Å². The number of benzene rings is 1. The summed E-state index contributed by atoms with van der Waals surface area (Å²) in [5, 5.41) is 17.1. The SMILES string of the molecule is N#CCOc1ccc(I)cc1C(=O)O. The first-order valence-electron chi connectivity index (χ1n) is 3.67. The van der Waals surface area contributed by atoms with E-state index in [-0.39, 0.29) is 17.9 Å². The Morgan fingerprint density at radius 3 is 2.93 bits per heavy atom. The fraction of sp³-hybridized carbons (Fsp3) is 0.111. The molecule has 0 radical (unpaired) electrons. The lowest BCUT2D eigenvalue weighted by atomic mass is 10.2. The summed E-state index contributed by atoms with van der Waals surface area (Å²) in [7, 11) is 0. The third-order valence-corrected chi connectivity index (χ3v) is 2.14. The van der Waals surface area contributed by atoms with Gasteiger partial charge in [-0.05, 0) is 40.8 Å². The maximum Gasteiger partial charge on any atom is 0.339 e. The highest BCUT2D eigenvalue weighted by Gasteiger charge is 2.11. The lowest BCUT2D eigenvalue weighted by molar-refractivity contribution is 0.0692. The van der Waals surface area contributed by atoms with Crippen LogP contribution in [0.1, 0.15) is 10.4 Å². The van der Waals surface area contributed by atoms with Gasteiger partial charge >= 0.3 is 5.97 Å². The number of rotatable bonds is 3. The third-order valence-electron chi connectivity index (χ3n) is 1.46. The number of hydrogen-bond acceptors (Lipinski definition) is 3. The maximum absolute atomic E-state index is 10.8. The van der Waals surface area contributed by atoms with Crippen molar-refractivity contribution in [2.75, 3.05) is 6.61 Å². The summed E-state index contributed by atoms with van der Waals surface area (Å²) in [5.74, 6) is -0.837. The molecule has 1 N–H and O–H groups in total. The van der Waals surface area contributed by atoms with Crippen LogP contribution in [-0.4, -0.2) is 17.7 Å². The Morgan fingerprint density at radius 1 is 1.64 bits per heavy atom. The van der Waals surface area contributed by atoms with Crippen LogP contribution in [0.25, 0.3) is 0 Å². The molecule has 5 heteroatoms. The second-order valence-corrected chi connectivity index (χ2v) is 3.64. The zero-order valence-corrected chi connectivity index (χ0v) is 9.19. The number of halogens is 1. The molecule has 0 amide bonds. The minimum atomic E-state index is -1.06. The van der Waals surface area contributed by atoms with Gasteiger partial charge in [0.25, 0.3) is 0 Å². The molecule has 0 aromatic heterocycles. The monoisotopic (exact) mass is 303 g/mol. The van der Waals surface area contributed by atoms with Crippen molar-refractivity contribution in [1.29, 1.82) is 5.26 Å². The van der Waals surface area contributed by atoms with Crippen LogP contribution in [0.3, 0.4) is 0 Å². The average molecular weight is 303 g/mol. The summed E-state index contributed by atoms with van der Waals surface area (Å²) in [6.07, 6.45) is 0. The van der Waals surface area contributed by atoms with E-state index in [0.717, 1.165) is 3.57 Å². The van der Waals surface area contributed by atoms with E-state index >= 15 is 0 Å². The number of carbonyl (C=O) groups is 1. The molecular formula is C9H6INO3. The maximum atomic E-state index is 10.8. The molecule has 72 valence electrons. The average Bonchev–Trinajstić information content (AvgIpc) is 2.15. The van der Waals surface area contributed by atoms with Crippen molar-refractivity contribution < 1.29 is 14.6 Å². The lowest BCUT2D eigenvalue weighted by Gasteiger charge is -2.05. The third kappa shape index (κ3) is 2.60. The molecule has 14 heavy (non-hydrogen) atoms. The Labute approximate surface area is 94.2 Å². The highest BCUT2D eigenvalue weighted by Crippen LogP contribution is 2.21. The smallest absolute Gasteiger partial charge is 0.339 e. The molecule has 4 nitrogen and oxygen atoms in total. The van der Waals surface area contributed by atoms with Crippen LogP contribution < -0.4 is 4.74 Å². The van der Waals surface area contributed by atoms with Gasteiger partial charge in [-0.15, -0.1) is 0 Å². The van der Waals surface area contributed by atoms with E-state index in [1.165, 1.54) is 6.07 Å². The number of carboxylic acids is 1. The topological polar surface area (TPSA) is 70.3 Å². The zero-order chi connectivity index (χ0) is 10.6. The molecule has 0 aliphatic carbocycles. The van der Waals surface area contributed by atoms with Crippen LogP contribution in [0.2, 0.25) is 0 Å². The second kappa shape index (κ2) is 4.81. The van der Waals surface area contributed by atoms with E-state index in [2.05, 4.69) is 0 Å². The quantitative estimate of drug-likeness (QED) is 0.866. The number of ether oxygens (including phenoxy) is 1. The van der Waals surface area contributed by atoms with Crippen LogP contribution in [0.15, 0.2) is 18.2 Å². The molecule has 0 heterocycles. The van der Waals surface area contributed by atoms with Crippen LogP contribution in [0, 0.1) is 14.9 Å². The number of hydrogen-bond donors (Lipinski definition) is 1. The van der Waals surface area contributed by atoms with Gasteiger partial charge in [0.05, 0.1) is 0 Å². The van der Waals surface area contributed by atoms with Crippen LogP contribution >= 0.6 is 22.6 Å². The summed E-state index contributed by atoms with van der Waals surface area (Å²) in [6, 6.07) is 6.54. The predicted octanol–water partition coefficient (Wildman–Crippen LogP) is 1.89. The minimum absolute atomic E-state index is 0.0761. The molecule has 0 aliphatic heterocycles. The van der Waals surface area contributed by atoms with Crippen molar-refractivity contribution in [2.24, 2.45) is 0 Å². The highest BCUT2D eigenvalue weighted by atomic mass is 127. The second-order valence-electron chi connectivity index (χ2n) is 2.39. The van der Waals surface area contributed by atoms with Crippen LogP contribution in [-0.2, 0) is 0 Å².